The molecule has 0 aliphatic heterocycles. The molecule has 9 aromatic carbocycles. The summed E-state index contributed by atoms with van der Waals surface area (Å²) in [5.74, 6) is 3.20. The fourth-order valence-electron chi connectivity index (χ4n) is 8.72. The fourth-order valence-corrected chi connectivity index (χ4v) is 8.72. The van der Waals surface area contributed by atoms with Crippen LogP contribution in [0, 0.1) is 0 Å². The first kappa shape index (κ1) is 33.2. The third kappa shape index (κ3) is 5.55. The van der Waals surface area contributed by atoms with Gasteiger partial charge in [0.25, 0.3) is 0 Å². The Balaban J connectivity index is 1.06. The van der Waals surface area contributed by atoms with Crippen LogP contribution in [0.4, 0.5) is 0 Å². The smallest absolute Gasteiger partial charge is 0.135 e. The molecule has 278 valence electrons. The molecule has 0 aliphatic rings. The highest BCUT2D eigenvalue weighted by molar-refractivity contribution is 6.13. The SMILES string of the molecule is c1ccc(Oc2ccc3c(c2)c2cc(-c4ccc5c6cc(Oc7ccccc7)ccc6n(-c6ccc7oc8ccccc8c7c6)c5c4)ccc2n3-c2ccccc2)cc1. The number of ether oxygens (including phenoxy) is 2. The Bertz CT molecular complexity index is 3550. The van der Waals surface area contributed by atoms with Crippen molar-refractivity contribution in [3.8, 4) is 45.5 Å². The van der Waals surface area contributed by atoms with Gasteiger partial charge in [0, 0.05) is 43.7 Å². The van der Waals surface area contributed by atoms with Crippen LogP contribution in [0.5, 0.6) is 23.0 Å². The molecule has 0 N–H and O–H groups in total. The van der Waals surface area contributed by atoms with Gasteiger partial charge < -0.3 is 23.0 Å². The Morgan fingerprint density at radius 2 is 0.814 bits per heavy atom. The van der Waals surface area contributed by atoms with Crippen LogP contribution in [0.25, 0.3) is 88.1 Å². The largest absolute Gasteiger partial charge is 0.457 e. The van der Waals surface area contributed by atoms with E-state index in [1.807, 2.05) is 72.8 Å². The maximum Gasteiger partial charge on any atom is 0.135 e. The lowest BCUT2D eigenvalue weighted by molar-refractivity contribution is 0.483. The molecule has 3 aromatic heterocycles. The van der Waals surface area contributed by atoms with Gasteiger partial charge in [-0.15, -0.1) is 0 Å². The molecule has 12 aromatic rings. The van der Waals surface area contributed by atoms with E-state index in [4.69, 9.17) is 13.9 Å². The van der Waals surface area contributed by atoms with E-state index in [0.29, 0.717) is 0 Å². The summed E-state index contributed by atoms with van der Waals surface area (Å²) in [5.41, 5.74) is 10.6. The number of nitrogens with zero attached hydrogens (tertiary/aromatic N) is 2. The van der Waals surface area contributed by atoms with Gasteiger partial charge in [0.05, 0.1) is 22.1 Å². The Hall–Kier alpha value is -8.02. The minimum atomic E-state index is 0.791. The summed E-state index contributed by atoms with van der Waals surface area (Å²) in [5, 5.41) is 6.73. The molecule has 0 aliphatic carbocycles. The number of benzene rings is 9. The van der Waals surface area contributed by atoms with Crippen molar-refractivity contribution in [3.63, 3.8) is 0 Å². The summed E-state index contributed by atoms with van der Waals surface area (Å²) in [7, 11) is 0. The van der Waals surface area contributed by atoms with E-state index in [1.165, 1.54) is 0 Å². The number of para-hydroxylation sites is 4. The summed E-state index contributed by atoms with van der Waals surface area (Å²) < 4.78 is 23.7. The van der Waals surface area contributed by atoms with Crippen LogP contribution in [0.1, 0.15) is 0 Å². The fraction of sp³-hybridized carbons (Fsp3) is 0. The van der Waals surface area contributed by atoms with Crippen LogP contribution in [-0.2, 0) is 0 Å². The van der Waals surface area contributed by atoms with Gasteiger partial charge in [0.1, 0.15) is 34.2 Å². The van der Waals surface area contributed by atoms with Crippen molar-refractivity contribution in [1.82, 2.24) is 9.13 Å². The number of aromatic nitrogens is 2. The third-order valence-corrected chi connectivity index (χ3v) is 11.4. The minimum Gasteiger partial charge on any atom is -0.457 e. The monoisotopic (exact) mass is 758 g/mol. The molecular formula is C54H34N2O3. The number of hydrogen-bond donors (Lipinski definition) is 0. The lowest BCUT2D eigenvalue weighted by Crippen LogP contribution is -1.94. The average molecular weight is 759 g/mol. The van der Waals surface area contributed by atoms with Crippen LogP contribution in [0.2, 0.25) is 0 Å². The van der Waals surface area contributed by atoms with E-state index in [2.05, 4.69) is 143 Å². The molecule has 0 saturated carbocycles. The lowest BCUT2D eigenvalue weighted by atomic mass is 10.0. The standard InChI is InChI=1S/C54H34N2O3/c1-4-12-37(13-5-1)55-49-26-21-35(30-45(49)47-34-42(24-28-51(47)55)58-40-16-8-3-9-17-40)36-20-25-43-46-33-41(57-39-14-6-2-7-15-39)23-27-50(46)56(52(43)31-36)38-22-29-54-48(32-38)44-18-10-11-19-53(44)59-54/h1-34H. The molecule has 0 spiro atoms. The highest BCUT2D eigenvalue weighted by Gasteiger charge is 2.19. The first-order chi connectivity index (χ1) is 29.2. The minimum absolute atomic E-state index is 0.791. The Morgan fingerprint density at radius 1 is 0.288 bits per heavy atom. The maximum absolute atomic E-state index is 6.36. The molecule has 5 heteroatoms. The van der Waals surface area contributed by atoms with Crippen molar-refractivity contribution < 1.29 is 13.9 Å². The lowest BCUT2D eigenvalue weighted by Gasteiger charge is -2.10. The highest BCUT2D eigenvalue weighted by atomic mass is 16.5. The van der Waals surface area contributed by atoms with E-state index in [0.717, 1.165) is 111 Å². The molecule has 0 atom stereocenters. The Labute approximate surface area is 339 Å². The number of rotatable bonds is 7. The molecule has 0 unspecified atom stereocenters. The Kier molecular flexibility index (Phi) is 7.47. The first-order valence-corrected chi connectivity index (χ1v) is 19.8. The quantitative estimate of drug-likeness (QED) is 0.163. The topological polar surface area (TPSA) is 41.5 Å². The summed E-state index contributed by atoms with van der Waals surface area (Å²) >= 11 is 0. The molecule has 5 nitrogen and oxygen atoms in total. The van der Waals surface area contributed by atoms with Crippen molar-refractivity contribution in [3.05, 3.63) is 206 Å². The second-order valence-electron chi connectivity index (χ2n) is 14.9. The molecule has 12 rings (SSSR count). The predicted molar refractivity (Wildman–Crippen MR) is 241 cm³/mol. The van der Waals surface area contributed by atoms with E-state index in [1.54, 1.807) is 0 Å². The van der Waals surface area contributed by atoms with Crippen molar-refractivity contribution in [2.75, 3.05) is 0 Å². The zero-order chi connectivity index (χ0) is 38.9. The molecule has 0 bridgehead atoms. The summed E-state index contributed by atoms with van der Waals surface area (Å²) in [6.07, 6.45) is 0. The van der Waals surface area contributed by atoms with Crippen LogP contribution >= 0.6 is 0 Å². The van der Waals surface area contributed by atoms with Crippen molar-refractivity contribution >= 4 is 65.6 Å². The summed E-state index contributed by atoms with van der Waals surface area (Å²) in [6, 6.07) is 71.6. The van der Waals surface area contributed by atoms with Gasteiger partial charge in [0.2, 0.25) is 0 Å². The van der Waals surface area contributed by atoms with Crippen molar-refractivity contribution in [2.45, 2.75) is 0 Å². The normalized spacial score (nSPS) is 11.7. The highest BCUT2D eigenvalue weighted by Crippen LogP contribution is 2.41. The zero-order valence-electron chi connectivity index (χ0n) is 31.7. The number of furan rings is 1. The van der Waals surface area contributed by atoms with Gasteiger partial charge in [-0.25, -0.2) is 0 Å². The van der Waals surface area contributed by atoms with Crippen LogP contribution < -0.4 is 9.47 Å². The molecule has 0 saturated heterocycles. The van der Waals surface area contributed by atoms with Crippen LogP contribution in [0.15, 0.2) is 211 Å². The Morgan fingerprint density at radius 3 is 1.51 bits per heavy atom. The van der Waals surface area contributed by atoms with E-state index < -0.39 is 0 Å². The van der Waals surface area contributed by atoms with E-state index >= 15 is 0 Å². The average Bonchev–Trinajstić information content (AvgIpc) is 3.94. The first-order valence-electron chi connectivity index (χ1n) is 19.8. The van der Waals surface area contributed by atoms with Crippen molar-refractivity contribution in [1.29, 1.82) is 0 Å². The number of fused-ring (bicyclic) bond motifs is 9. The second kappa shape index (κ2) is 13.3. The molecule has 0 radical (unpaired) electrons. The molecule has 59 heavy (non-hydrogen) atoms. The summed E-state index contributed by atoms with van der Waals surface area (Å²) in [4.78, 5) is 0. The zero-order valence-corrected chi connectivity index (χ0v) is 31.7. The third-order valence-electron chi connectivity index (χ3n) is 11.4. The van der Waals surface area contributed by atoms with Gasteiger partial charge in [-0.05, 0) is 126 Å². The molecule has 0 fully saturated rings. The van der Waals surface area contributed by atoms with Gasteiger partial charge in [-0.3, -0.25) is 0 Å². The van der Waals surface area contributed by atoms with Crippen molar-refractivity contribution in [2.24, 2.45) is 0 Å². The van der Waals surface area contributed by atoms with Gasteiger partial charge >= 0.3 is 0 Å². The van der Waals surface area contributed by atoms with Gasteiger partial charge in [-0.2, -0.15) is 0 Å². The predicted octanol–water partition coefficient (Wildman–Crippen LogP) is 15.0. The molecule has 0 amide bonds. The van der Waals surface area contributed by atoms with Gasteiger partial charge in [-0.1, -0.05) is 91.0 Å². The summed E-state index contributed by atoms with van der Waals surface area (Å²) in [6.45, 7) is 0. The van der Waals surface area contributed by atoms with Crippen LogP contribution in [0.3, 0.4) is 0 Å². The van der Waals surface area contributed by atoms with E-state index in [-0.39, 0.29) is 0 Å². The maximum atomic E-state index is 6.36. The number of hydrogen-bond acceptors (Lipinski definition) is 3. The van der Waals surface area contributed by atoms with E-state index in [9.17, 15) is 0 Å². The second-order valence-corrected chi connectivity index (χ2v) is 14.9. The molecular weight excluding hydrogens is 725 g/mol. The molecule has 3 heterocycles. The van der Waals surface area contributed by atoms with Crippen LogP contribution in [-0.4, -0.2) is 9.13 Å². The van der Waals surface area contributed by atoms with Gasteiger partial charge in [0.15, 0.2) is 0 Å².